The minimum Gasteiger partial charge on any atom is -0.480 e. The van der Waals surface area contributed by atoms with Gasteiger partial charge in [-0.05, 0) is 43.3 Å². The van der Waals surface area contributed by atoms with Crippen LogP contribution in [0.5, 0.6) is 11.9 Å². The molecule has 0 saturated carbocycles. The van der Waals surface area contributed by atoms with Crippen molar-refractivity contribution in [3.8, 4) is 23.1 Å². The van der Waals surface area contributed by atoms with Crippen LogP contribution in [0.15, 0.2) is 72.0 Å². The molecule has 2 aromatic carbocycles. The van der Waals surface area contributed by atoms with Gasteiger partial charge in [0.25, 0.3) is 10.0 Å². The van der Waals surface area contributed by atoms with Crippen molar-refractivity contribution in [1.29, 1.82) is 0 Å². The Morgan fingerprint density at radius 3 is 2.26 bits per heavy atom. The van der Waals surface area contributed by atoms with Crippen molar-refractivity contribution in [3.63, 3.8) is 0 Å². The Morgan fingerprint density at radius 2 is 1.59 bits per heavy atom. The zero-order chi connectivity index (χ0) is 24.1. The molecule has 0 aliphatic rings. The molecule has 34 heavy (non-hydrogen) atoms. The largest absolute Gasteiger partial charge is 0.480 e. The van der Waals surface area contributed by atoms with E-state index in [1.165, 1.54) is 20.5 Å². The van der Waals surface area contributed by atoms with Gasteiger partial charge in [-0.25, -0.2) is 18.4 Å². The molecule has 11 heteroatoms. The van der Waals surface area contributed by atoms with Crippen LogP contribution in [0.3, 0.4) is 0 Å². The topological polar surface area (TPSA) is 128 Å². The molecule has 0 aliphatic carbocycles. The number of sulfonamides is 1. The Balaban J connectivity index is 1.55. The van der Waals surface area contributed by atoms with Crippen LogP contribution in [-0.2, 0) is 10.0 Å². The van der Waals surface area contributed by atoms with E-state index in [1.807, 2.05) is 6.92 Å². The van der Waals surface area contributed by atoms with Crippen molar-refractivity contribution in [2.24, 2.45) is 0 Å². The molecule has 0 bridgehead atoms. The Kier molecular flexibility index (Phi) is 6.55. The predicted octanol–water partition coefficient (Wildman–Crippen LogP) is 3.80. The summed E-state index contributed by atoms with van der Waals surface area (Å²) in [5.41, 5.74) is 3.18. The molecule has 0 amide bonds. The van der Waals surface area contributed by atoms with Crippen molar-refractivity contribution in [3.05, 3.63) is 72.7 Å². The minimum atomic E-state index is -3.68. The number of aromatic nitrogens is 4. The highest BCUT2D eigenvalue weighted by molar-refractivity contribution is 7.92. The number of nitrogens with one attached hydrogen (secondary N) is 2. The van der Waals surface area contributed by atoms with Gasteiger partial charge in [-0.1, -0.05) is 17.7 Å². The summed E-state index contributed by atoms with van der Waals surface area (Å²) in [6, 6.07) is 15.3. The van der Waals surface area contributed by atoms with Gasteiger partial charge in [0.1, 0.15) is 12.1 Å². The Bertz CT molecular complexity index is 1390. The van der Waals surface area contributed by atoms with E-state index < -0.39 is 10.0 Å². The summed E-state index contributed by atoms with van der Waals surface area (Å²) >= 11 is 0. The number of methoxy groups -OCH3 is 2. The molecular formula is C23H22N6O4S. The summed E-state index contributed by atoms with van der Waals surface area (Å²) in [6.45, 7) is 1.90. The quantitative estimate of drug-likeness (QED) is 0.388. The third-order valence-corrected chi connectivity index (χ3v) is 6.17. The van der Waals surface area contributed by atoms with E-state index in [9.17, 15) is 8.42 Å². The minimum absolute atomic E-state index is 0.147. The summed E-state index contributed by atoms with van der Waals surface area (Å²) in [6.07, 6.45) is 2.97. The van der Waals surface area contributed by atoms with Gasteiger partial charge in [-0.2, -0.15) is 9.97 Å². The summed E-state index contributed by atoms with van der Waals surface area (Å²) in [5, 5.41) is 3.16. The second-order valence-corrected chi connectivity index (χ2v) is 8.87. The van der Waals surface area contributed by atoms with Crippen molar-refractivity contribution < 1.29 is 17.9 Å². The van der Waals surface area contributed by atoms with Crippen LogP contribution in [-0.4, -0.2) is 42.6 Å². The molecule has 0 spiro atoms. The SMILES string of the molecule is COc1nc(Nc2ccc(NS(=O)(=O)c3ccc(C)cc3)cc2)cc(-c2cncnc2OC)n1. The maximum atomic E-state index is 12.6. The third-order valence-electron chi connectivity index (χ3n) is 4.77. The number of anilines is 3. The highest BCUT2D eigenvalue weighted by Gasteiger charge is 2.15. The number of benzene rings is 2. The maximum absolute atomic E-state index is 12.6. The molecule has 174 valence electrons. The molecule has 4 rings (SSSR count). The van der Waals surface area contributed by atoms with Crippen LogP contribution < -0.4 is 19.5 Å². The molecule has 2 aromatic heterocycles. The monoisotopic (exact) mass is 478 g/mol. The lowest BCUT2D eigenvalue weighted by Crippen LogP contribution is -2.12. The van der Waals surface area contributed by atoms with Crippen molar-refractivity contribution in [1.82, 2.24) is 19.9 Å². The van der Waals surface area contributed by atoms with E-state index >= 15 is 0 Å². The van der Waals surface area contributed by atoms with Crippen molar-refractivity contribution in [2.45, 2.75) is 11.8 Å². The van der Waals surface area contributed by atoms with Crippen LogP contribution in [0.1, 0.15) is 5.56 Å². The first-order valence-electron chi connectivity index (χ1n) is 10.1. The van der Waals surface area contributed by atoms with Crippen molar-refractivity contribution in [2.75, 3.05) is 24.3 Å². The normalized spacial score (nSPS) is 11.0. The molecule has 2 heterocycles. The maximum Gasteiger partial charge on any atom is 0.318 e. The van der Waals surface area contributed by atoms with E-state index in [-0.39, 0.29) is 10.9 Å². The van der Waals surface area contributed by atoms with Gasteiger partial charge in [-0.3, -0.25) is 4.72 Å². The van der Waals surface area contributed by atoms with E-state index in [0.717, 1.165) is 5.56 Å². The fourth-order valence-corrected chi connectivity index (χ4v) is 4.13. The number of nitrogens with zero attached hydrogens (tertiary/aromatic N) is 4. The lowest BCUT2D eigenvalue weighted by molar-refractivity contribution is 0.380. The molecule has 0 atom stereocenters. The molecule has 0 aliphatic heterocycles. The number of hydrogen-bond donors (Lipinski definition) is 2. The first kappa shape index (κ1) is 22.9. The lowest BCUT2D eigenvalue weighted by atomic mass is 10.2. The summed E-state index contributed by atoms with van der Waals surface area (Å²) in [7, 11) is -0.704. The fraction of sp³-hybridized carbons (Fsp3) is 0.130. The summed E-state index contributed by atoms with van der Waals surface area (Å²) in [4.78, 5) is 17.0. The number of aryl methyl sites for hydroxylation is 1. The zero-order valence-electron chi connectivity index (χ0n) is 18.7. The van der Waals surface area contributed by atoms with Gasteiger partial charge in [0.15, 0.2) is 0 Å². The van der Waals surface area contributed by atoms with Crippen LogP contribution in [0, 0.1) is 6.92 Å². The smallest absolute Gasteiger partial charge is 0.318 e. The summed E-state index contributed by atoms with van der Waals surface area (Å²) < 4.78 is 38.3. The van der Waals surface area contributed by atoms with Gasteiger partial charge < -0.3 is 14.8 Å². The Morgan fingerprint density at radius 1 is 0.882 bits per heavy atom. The molecule has 2 N–H and O–H groups in total. The average Bonchev–Trinajstić information content (AvgIpc) is 2.85. The molecule has 0 unspecified atom stereocenters. The average molecular weight is 479 g/mol. The molecule has 0 fully saturated rings. The number of rotatable bonds is 8. The first-order valence-corrected chi connectivity index (χ1v) is 11.6. The van der Waals surface area contributed by atoms with Gasteiger partial charge >= 0.3 is 6.01 Å². The van der Waals surface area contributed by atoms with E-state index in [1.54, 1.807) is 60.8 Å². The Labute approximate surface area is 197 Å². The number of ether oxygens (including phenoxy) is 2. The van der Waals surface area contributed by atoms with E-state index in [2.05, 4.69) is 30.0 Å². The van der Waals surface area contributed by atoms with Crippen molar-refractivity contribution >= 4 is 27.2 Å². The first-order chi connectivity index (χ1) is 16.4. The lowest BCUT2D eigenvalue weighted by Gasteiger charge is -2.12. The van der Waals surface area contributed by atoms with Gasteiger partial charge in [-0.15, -0.1) is 0 Å². The second kappa shape index (κ2) is 9.71. The fourth-order valence-electron chi connectivity index (χ4n) is 3.08. The van der Waals surface area contributed by atoms with Gasteiger partial charge in [0.05, 0.1) is 30.4 Å². The third kappa shape index (κ3) is 5.21. The van der Waals surface area contributed by atoms with Crippen LogP contribution in [0.4, 0.5) is 17.2 Å². The van der Waals surface area contributed by atoms with Crippen LogP contribution >= 0.6 is 0 Å². The van der Waals surface area contributed by atoms with Crippen LogP contribution in [0.25, 0.3) is 11.3 Å². The highest BCUT2D eigenvalue weighted by atomic mass is 32.2. The van der Waals surface area contributed by atoms with E-state index in [4.69, 9.17) is 9.47 Å². The molecule has 4 aromatic rings. The predicted molar refractivity (Wildman–Crippen MR) is 128 cm³/mol. The Hall–Kier alpha value is -4.25. The molecule has 10 nitrogen and oxygen atoms in total. The summed E-state index contributed by atoms with van der Waals surface area (Å²) in [5.74, 6) is 0.827. The standard InChI is InChI=1S/C23H22N6O4S/c1-15-4-10-18(11-5-15)34(30,31)29-17-8-6-16(7-9-17)26-21-12-20(27-23(28-21)33-3)19-13-24-14-25-22(19)32-2/h4-14,29H,1-3H3,(H,26,27,28). The zero-order valence-corrected chi connectivity index (χ0v) is 19.5. The van der Waals surface area contributed by atoms with Gasteiger partial charge in [0.2, 0.25) is 5.88 Å². The molecule has 0 radical (unpaired) electrons. The highest BCUT2D eigenvalue weighted by Crippen LogP contribution is 2.29. The molecular weight excluding hydrogens is 456 g/mol. The van der Waals surface area contributed by atoms with Gasteiger partial charge in [0, 0.05) is 23.6 Å². The van der Waals surface area contributed by atoms with E-state index in [0.29, 0.717) is 34.3 Å². The second-order valence-electron chi connectivity index (χ2n) is 7.19. The molecule has 0 saturated heterocycles. The number of hydrogen-bond acceptors (Lipinski definition) is 9. The van der Waals surface area contributed by atoms with Crippen LogP contribution in [0.2, 0.25) is 0 Å².